The van der Waals surface area contributed by atoms with Crippen molar-refractivity contribution in [1.82, 2.24) is 0 Å². The van der Waals surface area contributed by atoms with Crippen LogP contribution < -0.4 is 10.5 Å². The highest BCUT2D eigenvalue weighted by molar-refractivity contribution is 5.38. The van der Waals surface area contributed by atoms with Crippen LogP contribution in [0.5, 0.6) is 11.5 Å². The topological polar surface area (TPSA) is 35.2 Å². The van der Waals surface area contributed by atoms with Crippen LogP contribution in [0.3, 0.4) is 0 Å². The zero-order chi connectivity index (χ0) is 12.1. The van der Waals surface area contributed by atoms with E-state index in [4.69, 9.17) is 10.5 Å². The third kappa shape index (κ3) is 3.08. The van der Waals surface area contributed by atoms with E-state index >= 15 is 0 Å². The molecule has 0 spiro atoms. The summed E-state index contributed by atoms with van der Waals surface area (Å²) in [7, 11) is 0. The quantitative estimate of drug-likeness (QED) is 0.869. The van der Waals surface area contributed by atoms with E-state index < -0.39 is 0 Å². The number of benzene rings is 2. The zero-order valence-electron chi connectivity index (χ0n) is 10.0. The highest BCUT2D eigenvalue weighted by atomic mass is 16.5. The molecule has 0 saturated carbocycles. The molecule has 2 nitrogen and oxygen atoms in total. The van der Waals surface area contributed by atoms with Crippen LogP contribution in [0.25, 0.3) is 0 Å². The Morgan fingerprint density at radius 2 is 1.71 bits per heavy atom. The molecule has 17 heavy (non-hydrogen) atoms. The van der Waals surface area contributed by atoms with Crippen molar-refractivity contribution in [2.45, 2.75) is 13.3 Å². The number of para-hydroxylation sites is 1. The summed E-state index contributed by atoms with van der Waals surface area (Å²) in [6.07, 6.45) is 0.835. The van der Waals surface area contributed by atoms with E-state index in [-0.39, 0.29) is 0 Å². The maximum atomic E-state index is 5.86. The summed E-state index contributed by atoms with van der Waals surface area (Å²) in [4.78, 5) is 0. The summed E-state index contributed by atoms with van der Waals surface area (Å²) in [6, 6.07) is 16.1. The molecule has 0 radical (unpaired) electrons. The lowest BCUT2D eigenvalue weighted by atomic mass is 10.1. The Kier molecular flexibility index (Phi) is 3.78. The van der Waals surface area contributed by atoms with Crippen molar-refractivity contribution in [3.05, 3.63) is 59.7 Å². The van der Waals surface area contributed by atoms with Crippen LogP contribution in [0, 0.1) is 6.92 Å². The Morgan fingerprint density at radius 3 is 2.41 bits per heavy atom. The smallest absolute Gasteiger partial charge is 0.130 e. The van der Waals surface area contributed by atoms with Crippen LogP contribution in [0.2, 0.25) is 0 Å². The summed E-state index contributed by atoms with van der Waals surface area (Å²) in [5.41, 5.74) is 7.97. The molecule has 0 fully saturated rings. The molecule has 2 heteroatoms. The van der Waals surface area contributed by atoms with Gasteiger partial charge in [-0.2, -0.15) is 0 Å². The van der Waals surface area contributed by atoms with Gasteiger partial charge in [-0.05, 0) is 43.7 Å². The Balaban J connectivity index is 2.20. The number of nitrogens with two attached hydrogens (primary N) is 1. The first kappa shape index (κ1) is 11.7. The predicted octanol–water partition coefficient (Wildman–Crippen LogP) is 3.29. The van der Waals surface area contributed by atoms with Crippen molar-refractivity contribution in [1.29, 1.82) is 0 Å². The van der Waals surface area contributed by atoms with E-state index in [2.05, 4.69) is 13.0 Å². The number of aryl methyl sites for hydroxylation is 1. The minimum atomic E-state index is 0.633. The van der Waals surface area contributed by atoms with Crippen LogP contribution >= 0.6 is 0 Å². The molecule has 0 aromatic heterocycles. The standard InChI is InChI=1S/C15H17NO/c1-12-6-8-14(9-7-12)17-15-5-3-2-4-13(15)10-11-16/h2-9H,10-11,16H2,1H3. The lowest BCUT2D eigenvalue weighted by Crippen LogP contribution is -2.03. The molecule has 0 saturated heterocycles. The van der Waals surface area contributed by atoms with Crippen molar-refractivity contribution in [3.8, 4) is 11.5 Å². The van der Waals surface area contributed by atoms with Gasteiger partial charge < -0.3 is 10.5 Å². The summed E-state index contributed by atoms with van der Waals surface area (Å²) >= 11 is 0. The molecule has 2 N–H and O–H groups in total. The fourth-order valence-corrected chi connectivity index (χ4v) is 1.70. The summed E-state index contributed by atoms with van der Waals surface area (Å²) < 4.78 is 5.86. The fourth-order valence-electron chi connectivity index (χ4n) is 1.70. The van der Waals surface area contributed by atoms with Gasteiger partial charge in [-0.3, -0.25) is 0 Å². The predicted molar refractivity (Wildman–Crippen MR) is 70.5 cm³/mol. The highest BCUT2D eigenvalue weighted by Crippen LogP contribution is 2.25. The van der Waals surface area contributed by atoms with Crippen LogP contribution in [0.4, 0.5) is 0 Å². The Bertz CT molecular complexity index is 477. The van der Waals surface area contributed by atoms with Gasteiger partial charge in [0.05, 0.1) is 0 Å². The number of rotatable bonds is 4. The van der Waals surface area contributed by atoms with Crippen molar-refractivity contribution in [2.75, 3.05) is 6.54 Å². The van der Waals surface area contributed by atoms with E-state index in [1.807, 2.05) is 42.5 Å². The molecular formula is C15H17NO. The molecule has 0 amide bonds. The van der Waals surface area contributed by atoms with Crippen molar-refractivity contribution >= 4 is 0 Å². The molecule has 0 bridgehead atoms. The second kappa shape index (κ2) is 5.51. The fraction of sp³-hybridized carbons (Fsp3) is 0.200. The van der Waals surface area contributed by atoms with E-state index in [1.54, 1.807) is 0 Å². The first-order valence-corrected chi connectivity index (χ1v) is 5.82. The van der Waals surface area contributed by atoms with Gasteiger partial charge in [-0.1, -0.05) is 35.9 Å². The molecule has 0 aliphatic heterocycles. The van der Waals surface area contributed by atoms with E-state index in [9.17, 15) is 0 Å². The summed E-state index contributed by atoms with van der Waals surface area (Å²) in [5.74, 6) is 1.75. The van der Waals surface area contributed by atoms with Gasteiger partial charge in [0.25, 0.3) is 0 Å². The van der Waals surface area contributed by atoms with E-state index in [0.29, 0.717) is 6.54 Å². The Morgan fingerprint density at radius 1 is 1.00 bits per heavy atom. The Labute approximate surface area is 102 Å². The third-order valence-electron chi connectivity index (χ3n) is 2.64. The van der Waals surface area contributed by atoms with Gasteiger partial charge >= 0.3 is 0 Å². The largest absolute Gasteiger partial charge is 0.457 e. The van der Waals surface area contributed by atoms with Gasteiger partial charge in [0.2, 0.25) is 0 Å². The first-order chi connectivity index (χ1) is 8.29. The molecule has 0 unspecified atom stereocenters. The van der Waals surface area contributed by atoms with Crippen molar-refractivity contribution in [2.24, 2.45) is 5.73 Å². The second-order valence-electron chi connectivity index (χ2n) is 4.06. The summed E-state index contributed by atoms with van der Waals surface area (Å²) in [5, 5.41) is 0. The third-order valence-corrected chi connectivity index (χ3v) is 2.64. The Hall–Kier alpha value is -1.80. The van der Waals surface area contributed by atoms with Gasteiger partial charge in [0, 0.05) is 0 Å². The van der Waals surface area contributed by atoms with Crippen LogP contribution in [0.15, 0.2) is 48.5 Å². The molecule has 88 valence electrons. The van der Waals surface area contributed by atoms with Gasteiger partial charge in [0.1, 0.15) is 11.5 Å². The van der Waals surface area contributed by atoms with E-state index in [1.165, 1.54) is 5.56 Å². The monoisotopic (exact) mass is 227 g/mol. The van der Waals surface area contributed by atoms with Crippen molar-refractivity contribution < 1.29 is 4.74 Å². The minimum Gasteiger partial charge on any atom is -0.457 e. The van der Waals surface area contributed by atoms with Gasteiger partial charge in [-0.25, -0.2) is 0 Å². The zero-order valence-corrected chi connectivity index (χ0v) is 10.0. The average Bonchev–Trinajstić information content (AvgIpc) is 2.35. The number of ether oxygens (including phenoxy) is 1. The maximum Gasteiger partial charge on any atom is 0.130 e. The molecular weight excluding hydrogens is 210 g/mol. The molecule has 2 rings (SSSR count). The number of hydrogen-bond acceptors (Lipinski definition) is 2. The van der Waals surface area contributed by atoms with Crippen molar-refractivity contribution in [3.63, 3.8) is 0 Å². The minimum absolute atomic E-state index is 0.633. The first-order valence-electron chi connectivity index (χ1n) is 5.82. The average molecular weight is 227 g/mol. The second-order valence-corrected chi connectivity index (χ2v) is 4.06. The number of hydrogen-bond donors (Lipinski definition) is 1. The van der Waals surface area contributed by atoms with Crippen LogP contribution in [-0.2, 0) is 6.42 Å². The van der Waals surface area contributed by atoms with Crippen LogP contribution in [0.1, 0.15) is 11.1 Å². The molecule has 2 aromatic carbocycles. The van der Waals surface area contributed by atoms with E-state index in [0.717, 1.165) is 23.5 Å². The molecule has 0 aliphatic rings. The summed E-state index contributed by atoms with van der Waals surface area (Å²) in [6.45, 7) is 2.69. The van der Waals surface area contributed by atoms with Gasteiger partial charge in [0.15, 0.2) is 0 Å². The molecule has 0 aliphatic carbocycles. The lowest BCUT2D eigenvalue weighted by molar-refractivity contribution is 0.476. The molecule has 2 aromatic rings. The van der Waals surface area contributed by atoms with Gasteiger partial charge in [-0.15, -0.1) is 0 Å². The SMILES string of the molecule is Cc1ccc(Oc2ccccc2CCN)cc1. The lowest BCUT2D eigenvalue weighted by Gasteiger charge is -2.10. The molecule has 0 heterocycles. The maximum absolute atomic E-state index is 5.86. The normalized spacial score (nSPS) is 10.2. The molecule has 0 atom stereocenters. The van der Waals surface area contributed by atoms with Crippen LogP contribution in [-0.4, -0.2) is 6.54 Å². The highest BCUT2D eigenvalue weighted by Gasteiger charge is 2.03.